The Kier molecular flexibility index (Phi) is 4.68. The molecule has 0 spiro atoms. The van der Waals surface area contributed by atoms with Crippen molar-refractivity contribution < 1.29 is 8.42 Å². The Balaban J connectivity index is 2.09. The number of hydrogen-bond donors (Lipinski definition) is 1. The monoisotopic (exact) mass is 354 g/mol. The standard InChI is InChI=1S/C20H22N2O2S/c1-4-18-14-16(3)20(17-8-6-5-7-9-17)22(18)21-25(23,24)19-12-10-15(2)11-13-19/h5-14,21H,4H2,1-3H3. The summed E-state index contributed by atoms with van der Waals surface area (Å²) in [6, 6.07) is 18.7. The molecule has 3 aromatic rings. The topological polar surface area (TPSA) is 51.1 Å². The van der Waals surface area contributed by atoms with Crippen LogP contribution < -0.4 is 4.83 Å². The van der Waals surface area contributed by atoms with Gasteiger partial charge in [-0.05, 0) is 44.0 Å². The van der Waals surface area contributed by atoms with Gasteiger partial charge in [0.15, 0.2) is 0 Å². The summed E-state index contributed by atoms with van der Waals surface area (Å²) in [5.74, 6) is 0. The highest BCUT2D eigenvalue weighted by Crippen LogP contribution is 2.27. The molecule has 1 aromatic heterocycles. The molecule has 1 heterocycles. The van der Waals surface area contributed by atoms with E-state index in [1.807, 2.05) is 57.2 Å². The molecule has 3 rings (SSSR count). The van der Waals surface area contributed by atoms with Crippen molar-refractivity contribution in [1.82, 2.24) is 4.68 Å². The number of hydrogen-bond acceptors (Lipinski definition) is 2. The Morgan fingerprint density at radius 1 is 0.960 bits per heavy atom. The van der Waals surface area contributed by atoms with E-state index in [4.69, 9.17) is 0 Å². The lowest BCUT2D eigenvalue weighted by Gasteiger charge is -2.16. The molecule has 0 unspecified atom stereocenters. The summed E-state index contributed by atoms with van der Waals surface area (Å²) in [7, 11) is -3.67. The lowest BCUT2D eigenvalue weighted by atomic mass is 10.1. The quantitative estimate of drug-likeness (QED) is 0.744. The van der Waals surface area contributed by atoms with E-state index in [2.05, 4.69) is 4.83 Å². The predicted molar refractivity (Wildman–Crippen MR) is 102 cm³/mol. The Labute approximate surface area is 149 Å². The van der Waals surface area contributed by atoms with Gasteiger partial charge < -0.3 is 0 Å². The van der Waals surface area contributed by atoms with Gasteiger partial charge >= 0.3 is 0 Å². The molecule has 0 amide bonds. The van der Waals surface area contributed by atoms with Gasteiger partial charge in [0.25, 0.3) is 10.0 Å². The highest BCUT2D eigenvalue weighted by atomic mass is 32.2. The fraction of sp³-hybridized carbons (Fsp3) is 0.200. The molecule has 0 atom stereocenters. The van der Waals surface area contributed by atoms with Gasteiger partial charge in [-0.1, -0.05) is 55.0 Å². The highest BCUT2D eigenvalue weighted by Gasteiger charge is 2.20. The molecule has 0 aliphatic carbocycles. The smallest absolute Gasteiger partial charge is 0.250 e. The largest absolute Gasteiger partial charge is 0.275 e. The first kappa shape index (κ1) is 17.3. The van der Waals surface area contributed by atoms with Gasteiger partial charge in [-0.3, -0.25) is 0 Å². The van der Waals surface area contributed by atoms with Gasteiger partial charge in [-0.2, -0.15) is 8.42 Å². The van der Waals surface area contributed by atoms with Crippen LogP contribution in [0.15, 0.2) is 65.6 Å². The van der Waals surface area contributed by atoms with Gasteiger partial charge in [0.05, 0.1) is 10.6 Å². The number of aromatic nitrogens is 1. The van der Waals surface area contributed by atoms with Crippen LogP contribution in [0.2, 0.25) is 0 Å². The van der Waals surface area contributed by atoms with Gasteiger partial charge in [-0.15, -0.1) is 0 Å². The summed E-state index contributed by atoms with van der Waals surface area (Å²) >= 11 is 0. The lowest BCUT2D eigenvalue weighted by Crippen LogP contribution is -2.25. The Morgan fingerprint density at radius 3 is 2.20 bits per heavy atom. The third-order valence-corrected chi connectivity index (χ3v) is 5.54. The second-order valence-corrected chi connectivity index (χ2v) is 7.79. The molecule has 5 heteroatoms. The number of benzene rings is 2. The molecule has 0 saturated carbocycles. The van der Waals surface area contributed by atoms with Crippen LogP contribution in [0.4, 0.5) is 0 Å². The first-order valence-corrected chi connectivity index (χ1v) is 9.77. The third kappa shape index (κ3) is 3.46. The number of nitrogens with zero attached hydrogens (tertiary/aromatic N) is 1. The van der Waals surface area contributed by atoms with E-state index in [9.17, 15) is 8.42 Å². The van der Waals surface area contributed by atoms with Crippen molar-refractivity contribution in [3.8, 4) is 11.3 Å². The van der Waals surface area contributed by atoms with Gasteiger partial charge in [0.1, 0.15) is 0 Å². The van der Waals surface area contributed by atoms with Gasteiger partial charge in [0, 0.05) is 11.3 Å². The molecule has 0 radical (unpaired) electrons. The zero-order chi connectivity index (χ0) is 18.0. The van der Waals surface area contributed by atoms with E-state index in [1.165, 1.54) is 0 Å². The van der Waals surface area contributed by atoms with Crippen molar-refractivity contribution in [3.05, 3.63) is 77.5 Å². The minimum atomic E-state index is -3.67. The van der Waals surface area contributed by atoms with Crippen LogP contribution in [0.5, 0.6) is 0 Å². The molecule has 4 nitrogen and oxygen atoms in total. The number of rotatable bonds is 5. The molecule has 0 aliphatic heterocycles. The third-order valence-electron chi connectivity index (χ3n) is 4.22. The van der Waals surface area contributed by atoms with E-state index in [1.54, 1.807) is 28.9 Å². The first-order valence-electron chi connectivity index (χ1n) is 8.28. The predicted octanol–water partition coefficient (Wildman–Crippen LogP) is 4.27. The minimum Gasteiger partial charge on any atom is -0.250 e. The van der Waals surface area contributed by atoms with E-state index < -0.39 is 10.0 Å². The van der Waals surface area contributed by atoms with Crippen LogP contribution in [0, 0.1) is 13.8 Å². The van der Waals surface area contributed by atoms with E-state index in [0.717, 1.165) is 34.5 Å². The summed E-state index contributed by atoms with van der Waals surface area (Å²) < 4.78 is 27.4. The molecule has 2 aromatic carbocycles. The van der Waals surface area contributed by atoms with Crippen LogP contribution in [-0.4, -0.2) is 13.1 Å². The van der Waals surface area contributed by atoms with Crippen LogP contribution >= 0.6 is 0 Å². The summed E-state index contributed by atoms with van der Waals surface area (Å²) in [5, 5.41) is 0. The van der Waals surface area contributed by atoms with Crippen molar-refractivity contribution in [2.75, 3.05) is 4.83 Å². The Bertz CT molecular complexity index is 973. The summed E-state index contributed by atoms with van der Waals surface area (Å²) in [5.41, 5.74) is 4.83. The molecule has 0 fully saturated rings. The second-order valence-electron chi connectivity index (χ2n) is 6.13. The molecule has 0 aliphatic rings. The average molecular weight is 354 g/mol. The van der Waals surface area contributed by atoms with Crippen molar-refractivity contribution in [2.24, 2.45) is 0 Å². The Hall–Kier alpha value is -2.53. The van der Waals surface area contributed by atoms with Crippen molar-refractivity contribution in [1.29, 1.82) is 0 Å². The van der Waals surface area contributed by atoms with E-state index >= 15 is 0 Å². The van der Waals surface area contributed by atoms with Crippen molar-refractivity contribution >= 4 is 10.0 Å². The van der Waals surface area contributed by atoms with Crippen LogP contribution in [0.3, 0.4) is 0 Å². The second kappa shape index (κ2) is 6.76. The number of nitrogens with one attached hydrogen (secondary N) is 1. The van der Waals surface area contributed by atoms with E-state index in [-0.39, 0.29) is 4.90 Å². The number of aryl methyl sites for hydroxylation is 3. The summed E-state index contributed by atoms with van der Waals surface area (Å²) in [6.07, 6.45) is 0.726. The molecule has 25 heavy (non-hydrogen) atoms. The van der Waals surface area contributed by atoms with Crippen LogP contribution in [0.1, 0.15) is 23.7 Å². The maximum absolute atomic E-state index is 12.8. The van der Waals surface area contributed by atoms with E-state index in [0.29, 0.717) is 0 Å². The SMILES string of the molecule is CCc1cc(C)c(-c2ccccc2)n1NS(=O)(=O)c1ccc(C)cc1. The maximum atomic E-state index is 12.8. The zero-order valence-electron chi connectivity index (χ0n) is 14.7. The fourth-order valence-electron chi connectivity index (χ4n) is 2.91. The summed E-state index contributed by atoms with van der Waals surface area (Å²) in [4.78, 5) is 3.01. The molecule has 0 bridgehead atoms. The molecule has 130 valence electrons. The highest BCUT2D eigenvalue weighted by molar-refractivity contribution is 7.92. The normalized spacial score (nSPS) is 11.5. The first-order chi connectivity index (χ1) is 11.9. The molecular weight excluding hydrogens is 332 g/mol. The van der Waals surface area contributed by atoms with Crippen LogP contribution in [0.25, 0.3) is 11.3 Å². The van der Waals surface area contributed by atoms with Crippen LogP contribution in [-0.2, 0) is 16.4 Å². The molecule has 1 N–H and O–H groups in total. The van der Waals surface area contributed by atoms with Gasteiger partial charge in [-0.25, -0.2) is 9.51 Å². The lowest BCUT2D eigenvalue weighted by molar-refractivity contribution is 0.594. The van der Waals surface area contributed by atoms with Crippen molar-refractivity contribution in [3.63, 3.8) is 0 Å². The zero-order valence-corrected chi connectivity index (χ0v) is 15.5. The average Bonchev–Trinajstić information content (AvgIpc) is 2.90. The van der Waals surface area contributed by atoms with Crippen molar-refractivity contribution in [2.45, 2.75) is 32.1 Å². The Morgan fingerprint density at radius 2 is 1.60 bits per heavy atom. The minimum absolute atomic E-state index is 0.255. The maximum Gasteiger partial charge on any atom is 0.275 e. The summed E-state index contributed by atoms with van der Waals surface area (Å²) in [6.45, 7) is 5.94. The molecule has 0 saturated heterocycles. The number of sulfonamides is 1. The molecular formula is C20H22N2O2S. The van der Waals surface area contributed by atoms with Gasteiger partial charge in [0.2, 0.25) is 0 Å². The fourth-order valence-corrected chi connectivity index (χ4v) is 3.96.